The first-order chi connectivity index (χ1) is 13.0. The molecule has 0 bridgehead atoms. The number of carbonyl (C=O) groups excluding carboxylic acids is 1. The van der Waals surface area contributed by atoms with Gasteiger partial charge < -0.3 is 5.32 Å². The largest absolute Gasteiger partial charge is 0.350 e. The van der Waals surface area contributed by atoms with E-state index in [1.54, 1.807) is 23.5 Å². The number of hydrogen-bond donors (Lipinski definition) is 1. The summed E-state index contributed by atoms with van der Waals surface area (Å²) in [5, 5.41) is 9.34. The molecule has 0 atom stereocenters. The number of aryl methyl sites for hydroxylation is 1. The molecule has 0 aliphatic carbocycles. The Balaban J connectivity index is 1.61. The lowest BCUT2D eigenvalue weighted by molar-refractivity contribution is -0.122. The smallest absolute Gasteiger partial charge is 0.276 e. The van der Waals surface area contributed by atoms with Crippen molar-refractivity contribution in [2.24, 2.45) is 0 Å². The van der Waals surface area contributed by atoms with Crippen molar-refractivity contribution < 1.29 is 4.79 Å². The Kier molecular flexibility index (Phi) is 4.68. The van der Waals surface area contributed by atoms with Crippen molar-refractivity contribution in [2.75, 3.05) is 0 Å². The molecule has 0 saturated heterocycles. The van der Waals surface area contributed by atoms with Crippen LogP contribution in [0.1, 0.15) is 11.3 Å². The first-order valence-corrected chi connectivity index (χ1v) is 9.62. The third-order valence-electron chi connectivity index (χ3n) is 4.34. The molecule has 0 radical (unpaired) electrons. The summed E-state index contributed by atoms with van der Waals surface area (Å²) in [7, 11) is 0. The second-order valence-corrected chi connectivity index (χ2v) is 7.74. The Morgan fingerprint density at radius 3 is 2.70 bits per heavy atom. The zero-order valence-corrected chi connectivity index (χ0v) is 16.1. The molecule has 0 saturated carbocycles. The van der Waals surface area contributed by atoms with Crippen molar-refractivity contribution in [2.45, 2.75) is 20.0 Å². The number of benzene rings is 2. The van der Waals surface area contributed by atoms with Gasteiger partial charge in [0.05, 0.1) is 15.8 Å². The van der Waals surface area contributed by atoms with Crippen LogP contribution in [0, 0.1) is 6.92 Å². The number of nitrogens with zero attached hydrogens (tertiary/aromatic N) is 2. The molecule has 1 amide bonds. The summed E-state index contributed by atoms with van der Waals surface area (Å²) >= 11 is 7.41. The van der Waals surface area contributed by atoms with Gasteiger partial charge in [0.1, 0.15) is 6.54 Å². The van der Waals surface area contributed by atoms with Crippen molar-refractivity contribution in [3.8, 4) is 0 Å². The highest BCUT2D eigenvalue weighted by Gasteiger charge is 2.15. The minimum atomic E-state index is -0.266. The van der Waals surface area contributed by atoms with Gasteiger partial charge in [-0.3, -0.25) is 9.59 Å². The molecule has 5 nitrogen and oxygen atoms in total. The Bertz CT molecular complexity index is 1210. The highest BCUT2D eigenvalue weighted by molar-refractivity contribution is 7.26. The molecule has 2 aromatic heterocycles. The van der Waals surface area contributed by atoms with Crippen LogP contribution in [0.15, 0.2) is 53.3 Å². The Morgan fingerprint density at radius 2 is 1.93 bits per heavy atom. The molecule has 136 valence electrons. The lowest BCUT2D eigenvalue weighted by Gasteiger charge is -2.08. The van der Waals surface area contributed by atoms with Crippen molar-refractivity contribution in [1.82, 2.24) is 15.1 Å². The van der Waals surface area contributed by atoms with E-state index < -0.39 is 0 Å². The second-order valence-electron chi connectivity index (χ2n) is 6.25. The molecule has 0 aliphatic heterocycles. The number of thiophene rings is 1. The first-order valence-electron chi connectivity index (χ1n) is 8.43. The fourth-order valence-electron chi connectivity index (χ4n) is 3.02. The van der Waals surface area contributed by atoms with Gasteiger partial charge in [-0.05, 0) is 30.7 Å². The SMILES string of the molecule is Cc1nn(CC(=O)NCc2ccc(Cl)cc2)c(=O)c2c1sc1ccccc12. The van der Waals surface area contributed by atoms with Crippen LogP contribution in [0.2, 0.25) is 5.02 Å². The van der Waals surface area contributed by atoms with Gasteiger partial charge in [-0.2, -0.15) is 5.10 Å². The van der Waals surface area contributed by atoms with Crippen LogP contribution < -0.4 is 10.9 Å². The van der Waals surface area contributed by atoms with Gasteiger partial charge in [0.15, 0.2) is 0 Å². The number of nitrogens with one attached hydrogen (secondary N) is 1. The molecule has 0 unspecified atom stereocenters. The van der Waals surface area contributed by atoms with Crippen molar-refractivity contribution >= 4 is 49.0 Å². The normalized spacial score (nSPS) is 11.2. The van der Waals surface area contributed by atoms with Gasteiger partial charge in [-0.15, -0.1) is 11.3 Å². The molecule has 0 aliphatic rings. The third kappa shape index (κ3) is 3.46. The van der Waals surface area contributed by atoms with Crippen LogP contribution in [0.5, 0.6) is 0 Å². The van der Waals surface area contributed by atoms with E-state index in [0.717, 1.165) is 26.0 Å². The molecule has 0 spiro atoms. The molecule has 4 aromatic rings. The highest BCUT2D eigenvalue weighted by Crippen LogP contribution is 2.32. The van der Waals surface area contributed by atoms with Gasteiger partial charge in [0.2, 0.25) is 5.91 Å². The maximum Gasteiger partial charge on any atom is 0.276 e. The average molecular weight is 398 g/mol. The minimum absolute atomic E-state index is 0.118. The maximum absolute atomic E-state index is 12.9. The summed E-state index contributed by atoms with van der Waals surface area (Å²) in [5.41, 5.74) is 1.44. The number of aromatic nitrogens is 2. The number of halogens is 1. The summed E-state index contributed by atoms with van der Waals surface area (Å²) in [4.78, 5) is 25.2. The van der Waals surface area contributed by atoms with E-state index in [9.17, 15) is 9.59 Å². The number of rotatable bonds is 4. The van der Waals surface area contributed by atoms with E-state index >= 15 is 0 Å². The van der Waals surface area contributed by atoms with Crippen LogP contribution in [-0.4, -0.2) is 15.7 Å². The van der Waals surface area contributed by atoms with Gasteiger partial charge in [0.25, 0.3) is 5.56 Å². The summed E-state index contributed by atoms with van der Waals surface area (Å²) in [5.74, 6) is -0.266. The van der Waals surface area contributed by atoms with Crippen LogP contribution in [0.25, 0.3) is 20.2 Å². The van der Waals surface area contributed by atoms with E-state index in [4.69, 9.17) is 11.6 Å². The molecule has 27 heavy (non-hydrogen) atoms. The molecular weight excluding hydrogens is 382 g/mol. The van der Waals surface area contributed by atoms with Crippen LogP contribution in [0.4, 0.5) is 0 Å². The van der Waals surface area contributed by atoms with Crippen LogP contribution in [-0.2, 0) is 17.9 Å². The van der Waals surface area contributed by atoms with Gasteiger partial charge in [-0.1, -0.05) is 41.9 Å². The summed E-state index contributed by atoms with van der Waals surface area (Å²) < 4.78 is 3.16. The predicted molar refractivity (Wildman–Crippen MR) is 109 cm³/mol. The van der Waals surface area contributed by atoms with E-state index in [1.165, 1.54) is 4.68 Å². The highest BCUT2D eigenvalue weighted by atomic mass is 35.5. The molecule has 2 heterocycles. The van der Waals surface area contributed by atoms with Crippen molar-refractivity contribution in [3.05, 3.63) is 75.2 Å². The molecule has 1 N–H and O–H groups in total. The fraction of sp³-hybridized carbons (Fsp3) is 0.150. The van der Waals surface area contributed by atoms with Gasteiger partial charge in [0, 0.05) is 21.7 Å². The standard InChI is InChI=1S/C20H16ClN3O2S/c1-12-19-18(15-4-2-3-5-16(15)27-19)20(26)24(23-12)11-17(25)22-10-13-6-8-14(21)9-7-13/h2-9H,10-11H2,1H3,(H,22,25). The second kappa shape index (κ2) is 7.13. The monoisotopic (exact) mass is 397 g/mol. The number of carbonyl (C=O) groups is 1. The molecule has 7 heteroatoms. The zero-order valence-electron chi connectivity index (χ0n) is 14.5. The minimum Gasteiger partial charge on any atom is -0.350 e. The lowest BCUT2D eigenvalue weighted by Crippen LogP contribution is -2.33. The molecule has 2 aromatic carbocycles. The number of fused-ring (bicyclic) bond motifs is 3. The quantitative estimate of drug-likeness (QED) is 0.568. The molecule has 0 fully saturated rings. The molecule has 4 rings (SSSR count). The first kappa shape index (κ1) is 17.7. The van der Waals surface area contributed by atoms with Crippen LogP contribution in [0.3, 0.4) is 0 Å². The fourth-order valence-corrected chi connectivity index (χ4v) is 4.28. The van der Waals surface area contributed by atoms with E-state index in [1.807, 2.05) is 43.3 Å². The number of hydrogen-bond acceptors (Lipinski definition) is 4. The van der Waals surface area contributed by atoms with Gasteiger partial charge in [-0.25, -0.2) is 4.68 Å². The number of amides is 1. The van der Waals surface area contributed by atoms with E-state index in [0.29, 0.717) is 17.0 Å². The zero-order chi connectivity index (χ0) is 19.0. The average Bonchev–Trinajstić information content (AvgIpc) is 3.06. The van der Waals surface area contributed by atoms with Crippen molar-refractivity contribution in [3.63, 3.8) is 0 Å². The predicted octanol–water partition coefficient (Wildman–Crippen LogP) is 3.89. The Labute approximate surface area is 164 Å². The topological polar surface area (TPSA) is 64.0 Å². The van der Waals surface area contributed by atoms with E-state index in [2.05, 4.69) is 10.4 Å². The maximum atomic E-state index is 12.9. The van der Waals surface area contributed by atoms with Crippen molar-refractivity contribution in [1.29, 1.82) is 0 Å². The van der Waals surface area contributed by atoms with Gasteiger partial charge >= 0.3 is 0 Å². The van der Waals surface area contributed by atoms with Crippen LogP contribution >= 0.6 is 22.9 Å². The third-order valence-corrected chi connectivity index (χ3v) is 5.87. The summed E-state index contributed by atoms with van der Waals surface area (Å²) in [6, 6.07) is 15.0. The lowest BCUT2D eigenvalue weighted by atomic mass is 10.2. The van der Waals surface area contributed by atoms with E-state index in [-0.39, 0.29) is 18.0 Å². The molecular formula is C20H16ClN3O2S. The summed E-state index contributed by atoms with van der Waals surface area (Å²) in [6.07, 6.45) is 0. The summed E-state index contributed by atoms with van der Waals surface area (Å²) in [6.45, 7) is 2.11. The Hall–Kier alpha value is -2.70. The Morgan fingerprint density at radius 1 is 1.19 bits per heavy atom.